The highest BCUT2D eigenvalue weighted by Crippen LogP contribution is 2.34. The summed E-state index contributed by atoms with van der Waals surface area (Å²) < 4.78 is 6.49. The summed E-state index contributed by atoms with van der Waals surface area (Å²) in [4.78, 5) is 0. The molecule has 6 aromatic carbocycles. The maximum atomic E-state index is 6.49. The lowest BCUT2D eigenvalue weighted by atomic mass is 9.89. The fraction of sp³-hybridized carbons (Fsp3) is 0.0204. The molecule has 0 unspecified atom stereocenters. The maximum Gasteiger partial charge on any atom is 0.153 e. The summed E-state index contributed by atoms with van der Waals surface area (Å²) in [7, 11) is 0. The molecule has 0 N–H and O–H groups in total. The normalized spacial score (nSPS) is 9.36. The number of rotatable bonds is 3. The molecule has 0 spiro atoms. The van der Waals surface area contributed by atoms with Crippen LogP contribution in [0.2, 0.25) is 0 Å². The molecule has 0 saturated carbocycles. The third-order valence-corrected chi connectivity index (χ3v) is 7.33. The van der Waals surface area contributed by atoms with E-state index in [4.69, 9.17) is 4.74 Å². The van der Waals surface area contributed by atoms with Crippen molar-refractivity contribution >= 4 is 0 Å². The van der Waals surface area contributed by atoms with Gasteiger partial charge in [-0.25, -0.2) is 0 Å². The minimum Gasteiger partial charge on any atom is -0.487 e. The SMILES string of the molecule is C=CCOc1c(C#Cc2ccccc2)c(C#Cc2ccccc2)c(C#Cc2ccccc2)c(C#Cc2ccccc2)c1C#Cc1ccccc1. The predicted molar refractivity (Wildman–Crippen MR) is 204 cm³/mol. The van der Waals surface area contributed by atoms with E-state index in [0.29, 0.717) is 33.6 Å². The Morgan fingerprint density at radius 2 is 0.580 bits per heavy atom. The van der Waals surface area contributed by atoms with E-state index in [9.17, 15) is 0 Å². The Bertz CT molecular complexity index is 2280. The molecule has 0 aliphatic carbocycles. The van der Waals surface area contributed by atoms with E-state index in [1.165, 1.54) is 0 Å². The number of hydrogen-bond acceptors (Lipinski definition) is 1. The Hall–Kier alpha value is -7.34. The van der Waals surface area contributed by atoms with Crippen LogP contribution in [0, 0.1) is 59.2 Å². The van der Waals surface area contributed by atoms with Gasteiger partial charge in [0.15, 0.2) is 5.75 Å². The van der Waals surface area contributed by atoms with Crippen LogP contribution in [0.1, 0.15) is 55.6 Å². The molecule has 0 amide bonds. The molecule has 6 rings (SSSR count). The molecule has 0 fully saturated rings. The lowest BCUT2D eigenvalue weighted by molar-refractivity contribution is 0.361. The largest absolute Gasteiger partial charge is 0.487 e. The van der Waals surface area contributed by atoms with Crippen LogP contribution in [0.4, 0.5) is 0 Å². The van der Waals surface area contributed by atoms with Crippen LogP contribution in [-0.4, -0.2) is 6.61 Å². The zero-order valence-corrected chi connectivity index (χ0v) is 27.3. The van der Waals surface area contributed by atoms with Gasteiger partial charge in [-0.05, 0) is 60.7 Å². The van der Waals surface area contributed by atoms with Crippen molar-refractivity contribution in [1.82, 2.24) is 0 Å². The standard InChI is InChI=1S/C49H30O/c1-2-38-50-49-47(36-31-42-24-14-6-15-25-42)45(34-29-40-20-10-4-11-21-40)44(33-28-39-18-8-3-9-19-39)46(35-30-41-22-12-5-13-23-41)48(49)37-32-43-26-16-7-17-27-43/h2-27H,1,38H2. The second kappa shape index (κ2) is 17.0. The maximum absolute atomic E-state index is 6.49. The Morgan fingerprint density at radius 1 is 0.340 bits per heavy atom. The van der Waals surface area contributed by atoms with Gasteiger partial charge in [0, 0.05) is 27.8 Å². The highest BCUT2D eigenvalue weighted by molar-refractivity contribution is 5.78. The van der Waals surface area contributed by atoms with Crippen molar-refractivity contribution in [2.75, 3.05) is 6.61 Å². The molecule has 6 aromatic rings. The lowest BCUT2D eigenvalue weighted by Crippen LogP contribution is -2.07. The van der Waals surface area contributed by atoms with Gasteiger partial charge in [-0.15, -0.1) is 0 Å². The van der Waals surface area contributed by atoms with Crippen molar-refractivity contribution < 1.29 is 4.74 Å². The van der Waals surface area contributed by atoms with Gasteiger partial charge in [0.2, 0.25) is 0 Å². The summed E-state index contributed by atoms with van der Waals surface area (Å²) in [5.74, 6) is 34.5. The summed E-state index contributed by atoms with van der Waals surface area (Å²) in [6.45, 7) is 4.15. The number of benzene rings is 6. The lowest BCUT2D eigenvalue weighted by Gasteiger charge is -2.16. The molecule has 0 atom stereocenters. The Kier molecular flexibility index (Phi) is 11.1. The van der Waals surface area contributed by atoms with E-state index in [-0.39, 0.29) is 6.61 Å². The zero-order valence-electron chi connectivity index (χ0n) is 27.3. The van der Waals surface area contributed by atoms with Crippen LogP contribution in [0.5, 0.6) is 5.75 Å². The van der Waals surface area contributed by atoms with Crippen LogP contribution in [0.3, 0.4) is 0 Å². The second-order valence-electron chi connectivity index (χ2n) is 10.9. The van der Waals surface area contributed by atoms with Crippen molar-refractivity contribution in [3.8, 4) is 65.0 Å². The van der Waals surface area contributed by atoms with Crippen LogP contribution < -0.4 is 4.74 Å². The average Bonchev–Trinajstić information content (AvgIpc) is 3.18. The molecular weight excluding hydrogens is 605 g/mol. The third-order valence-electron chi connectivity index (χ3n) is 7.33. The summed E-state index contributed by atoms with van der Waals surface area (Å²) in [5, 5.41) is 0. The van der Waals surface area contributed by atoms with Gasteiger partial charge in [-0.1, -0.05) is 163 Å². The Labute approximate surface area is 295 Å². The highest BCUT2D eigenvalue weighted by Gasteiger charge is 2.22. The average molecular weight is 635 g/mol. The summed E-state index contributed by atoms with van der Waals surface area (Å²) in [6, 6.07) is 49.2. The second-order valence-corrected chi connectivity index (χ2v) is 10.9. The molecule has 0 heterocycles. The van der Waals surface area contributed by atoms with E-state index in [1.54, 1.807) is 6.08 Å². The minimum atomic E-state index is 0.228. The minimum absolute atomic E-state index is 0.228. The van der Waals surface area contributed by atoms with Gasteiger partial charge in [0.1, 0.15) is 6.61 Å². The van der Waals surface area contributed by atoms with E-state index in [0.717, 1.165) is 27.8 Å². The van der Waals surface area contributed by atoms with Gasteiger partial charge in [-0.2, -0.15) is 0 Å². The van der Waals surface area contributed by atoms with Gasteiger partial charge >= 0.3 is 0 Å². The van der Waals surface area contributed by atoms with Crippen molar-refractivity contribution in [3.63, 3.8) is 0 Å². The van der Waals surface area contributed by atoms with Crippen molar-refractivity contribution in [2.24, 2.45) is 0 Å². The topological polar surface area (TPSA) is 9.23 Å². The molecule has 0 radical (unpaired) electrons. The molecule has 232 valence electrons. The van der Waals surface area contributed by atoms with Crippen LogP contribution in [0.15, 0.2) is 164 Å². The Morgan fingerprint density at radius 3 is 0.840 bits per heavy atom. The number of ether oxygens (including phenoxy) is 1. The predicted octanol–water partition coefficient (Wildman–Crippen LogP) is 9.25. The third kappa shape index (κ3) is 8.72. The van der Waals surface area contributed by atoms with Gasteiger partial charge in [-0.3, -0.25) is 0 Å². The summed E-state index contributed by atoms with van der Waals surface area (Å²) >= 11 is 0. The molecule has 0 aromatic heterocycles. The smallest absolute Gasteiger partial charge is 0.153 e. The van der Waals surface area contributed by atoms with Gasteiger partial charge in [0.05, 0.1) is 27.8 Å². The first kappa shape index (κ1) is 32.6. The number of hydrogen-bond donors (Lipinski definition) is 0. The van der Waals surface area contributed by atoms with Crippen LogP contribution >= 0.6 is 0 Å². The molecule has 50 heavy (non-hydrogen) atoms. The first-order chi connectivity index (χ1) is 24.8. The first-order valence-corrected chi connectivity index (χ1v) is 16.1. The van der Waals surface area contributed by atoms with Crippen LogP contribution in [0.25, 0.3) is 0 Å². The quantitative estimate of drug-likeness (QED) is 0.139. The van der Waals surface area contributed by atoms with Gasteiger partial charge in [0.25, 0.3) is 0 Å². The van der Waals surface area contributed by atoms with E-state index in [2.05, 4.69) is 65.8 Å². The molecule has 0 bridgehead atoms. The monoisotopic (exact) mass is 634 g/mol. The Balaban J connectivity index is 1.76. The fourth-order valence-electron chi connectivity index (χ4n) is 4.91. The fourth-order valence-corrected chi connectivity index (χ4v) is 4.91. The molecule has 0 aliphatic rings. The first-order valence-electron chi connectivity index (χ1n) is 16.1. The van der Waals surface area contributed by atoms with Crippen molar-refractivity contribution in [3.05, 3.63) is 220 Å². The summed E-state index contributed by atoms with van der Waals surface area (Å²) in [6.07, 6.45) is 1.70. The van der Waals surface area contributed by atoms with Gasteiger partial charge < -0.3 is 4.74 Å². The summed E-state index contributed by atoms with van der Waals surface area (Å²) in [5.41, 5.74) is 7.29. The van der Waals surface area contributed by atoms with Crippen molar-refractivity contribution in [1.29, 1.82) is 0 Å². The molecule has 1 nitrogen and oxygen atoms in total. The van der Waals surface area contributed by atoms with E-state index < -0.39 is 0 Å². The van der Waals surface area contributed by atoms with Crippen molar-refractivity contribution in [2.45, 2.75) is 0 Å². The molecule has 0 aliphatic heterocycles. The molecule has 1 heteroatoms. The zero-order chi connectivity index (χ0) is 34.2. The van der Waals surface area contributed by atoms with Crippen LogP contribution in [-0.2, 0) is 0 Å². The molecule has 0 saturated heterocycles. The highest BCUT2D eigenvalue weighted by atomic mass is 16.5. The molecular formula is C49H30O. The van der Waals surface area contributed by atoms with E-state index in [1.807, 2.05) is 152 Å². The van der Waals surface area contributed by atoms with E-state index >= 15 is 0 Å².